The SMILES string of the molecule is COCCC(=O)N1CCCC[C@H]1c1cc(Nc2nc(C)cc(C)n2)nc(C)n1. The highest BCUT2D eigenvalue weighted by molar-refractivity contribution is 5.77. The highest BCUT2D eigenvalue weighted by Gasteiger charge is 2.29. The highest BCUT2D eigenvalue weighted by Crippen LogP contribution is 2.31. The maximum Gasteiger partial charge on any atom is 0.228 e. The third kappa shape index (κ3) is 5.01. The van der Waals surface area contributed by atoms with E-state index in [1.54, 1.807) is 7.11 Å². The Kier molecular flexibility index (Phi) is 6.51. The number of amides is 1. The third-order valence-corrected chi connectivity index (χ3v) is 4.76. The molecule has 2 aromatic heterocycles. The van der Waals surface area contributed by atoms with Crippen molar-refractivity contribution in [3.63, 3.8) is 0 Å². The third-order valence-electron chi connectivity index (χ3n) is 4.76. The molecule has 3 heterocycles. The largest absolute Gasteiger partial charge is 0.384 e. The van der Waals surface area contributed by atoms with Crippen molar-refractivity contribution in [3.8, 4) is 0 Å². The molecule has 1 fully saturated rings. The molecule has 1 saturated heterocycles. The molecule has 1 atom stereocenters. The van der Waals surface area contributed by atoms with Gasteiger partial charge in [-0.25, -0.2) is 19.9 Å². The average molecular weight is 384 g/mol. The van der Waals surface area contributed by atoms with Crippen LogP contribution in [0.4, 0.5) is 11.8 Å². The van der Waals surface area contributed by atoms with Gasteiger partial charge in [0.25, 0.3) is 0 Å². The maximum absolute atomic E-state index is 12.6. The van der Waals surface area contributed by atoms with Crippen LogP contribution in [0.1, 0.15) is 54.6 Å². The molecular formula is C20H28N6O2. The van der Waals surface area contributed by atoms with E-state index in [1.165, 1.54) is 0 Å². The first-order valence-corrected chi connectivity index (χ1v) is 9.69. The van der Waals surface area contributed by atoms with Crippen LogP contribution < -0.4 is 5.32 Å². The number of rotatable bonds is 6. The highest BCUT2D eigenvalue weighted by atomic mass is 16.5. The van der Waals surface area contributed by atoms with Crippen molar-refractivity contribution < 1.29 is 9.53 Å². The van der Waals surface area contributed by atoms with E-state index in [2.05, 4.69) is 25.3 Å². The summed E-state index contributed by atoms with van der Waals surface area (Å²) >= 11 is 0. The van der Waals surface area contributed by atoms with Crippen LogP contribution in [-0.4, -0.2) is 51.0 Å². The van der Waals surface area contributed by atoms with Crippen LogP contribution in [-0.2, 0) is 9.53 Å². The van der Waals surface area contributed by atoms with E-state index in [9.17, 15) is 4.79 Å². The maximum atomic E-state index is 12.6. The summed E-state index contributed by atoms with van der Waals surface area (Å²) < 4.78 is 5.07. The van der Waals surface area contributed by atoms with Crippen molar-refractivity contribution in [2.24, 2.45) is 0 Å². The Morgan fingerprint density at radius 2 is 1.89 bits per heavy atom. The number of likely N-dealkylation sites (tertiary alicyclic amines) is 1. The Balaban J connectivity index is 1.85. The number of carbonyl (C=O) groups excluding carboxylic acids is 1. The molecule has 8 nitrogen and oxygen atoms in total. The molecule has 1 aliphatic heterocycles. The number of hydrogen-bond donors (Lipinski definition) is 1. The molecule has 2 aromatic rings. The van der Waals surface area contributed by atoms with E-state index in [0.717, 1.165) is 42.9 Å². The fourth-order valence-corrected chi connectivity index (χ4v) is 3.59. The van der Waals surface area contributed by atoms with Crippen LogP contribution in [0, 0.1) is 20.8 Å². The lowest BCUT2D eigenvalue weighted by Crippen LogP contribution is -2.39. The number of piperidine rings is 1. The van der Waals surface area contributed by atoms with E-state index < -0.39 is 0 Å². The fraction of sp³-hybridized carbons (Fsp3) is 0.550. The molecule has 150 valence electrons. The topological polar surface area (TPSA) is 93.1 Å². The predicted octanol–water partition coefficient (Wildman–Crippen LogP) is 3.03. The number of nitrogens with zero attached hydrogens (tertiary/aromatic N) is 5. The predicted molar refractivity (Wildman–Crippen MR) is 106 cm³/mol. The number of anilines is 2. The van der Waals surface area contributed by atoms with Gasteiger partial charge in [0.05, 0.1) is 24.8 Å². The summed E-state index contributed by atoms with van der Waals surface area (Å²) in [6.45, 7) is 6.90. The molecule has 0 aliphatic carbocycles. The zero-order chi connectivity index (χ0) is 20.1. The van der Waals surface area contributed by atoms with E-state index >= 15 is 0 Å². The summed E-state index contributed by atoms with van der Waals surface area (Å²) in [6.07, 6.45) is 3.37. The van der Waals surface area contributed by atoms with Gasteiger partial charge in [-0.1, -0.05) is 0 Å². The molecule has 0 unspecified atom stereocenters. The minimum Gasteiger partial charge on any atom is -0.384 e. The molecule has 0 bridgehead atoms. The van der Waals surface area contributed by atoms with Crippen LogP contribution in [0.15, 0.2) is 12.1 Å². The molecule has 0 radical (unpaired) electrons. The standard InChI is InChI=1S/C20H28N6O2/c1-13-11-14(2)22-20(21-13)25-18-12-16(23-15(3)24-18)17-7-5-6-9-26(17)19(27)8-10-28-4/h11-12,17H,5-10H2,1-4H3,(H,21,22,23,24,25)/t17-/m0/s1. The molecule has 0 saturated carbocycles. The zero-order valence-electron chi connectivity index (χ0n) is 17.0. The van der Waals surface area contributed by atoms with Crippen molar-refractivity contribution in [2.45, 2.75) is 52.5 Å². The zero-order valence-corrected chi connectivity index (χ0v) is 17.0. The molecule has 28 heavy (non-hydrogen) atoms. The summed E-state index contributed by atoms with van der Waals surface area (Å²) in [5.74, 6) is 1.91. The number of hydrogen-bond acceptors (Lipinski definition) is 7. The minimum atomic E-state index is -0.0412. The quantitative estimate of drug-likeness (QED) is 0.818. The summed E-state index contributed by atoms with van der Waals surface area (Å²) in [5.41, 5.74) is 2.64. The van der Waals surface area contributed by atoms with Gasteiger partial charge < -0.3 is 15.0 Å². The molecule has 1 amide bonds. The fourth-order valence-electron chi connectivity index (χ4n) is 3.59. The Bertz CT molecular complexity index is 821. The van der Waals surface area contributed by atoms with Crippen LogP contribution in [0.25, 0.3) is 0 Å². The number of carbonyl (C=O) groups is 1. The van der Waals surface area contributed by atoms with Crippen LogP contribution in [0.5, 0.6) is 0 Å². The molecule has 3 rings (SSSR count). The van der Waals surface area contributed by atoms with Gasteiger partial charge in [-0.05, 0) is 46.1 Å². The van der Waals surface area contributed by atoms with Crippen molar-refractivity contribution in [3.05, 3.63) is 35.0 Å². The lowest BCUT2D eigenvalue weighted by atomic mass is 9.98. The van der Waals surface area contributed by atoms with Gasteiger partial charge in [-0.15, -0.1) is 0 Å². The monoisotopic (exact) mass is 384 g/mol. The summed E-state index contributed by atoms with van der Waals surface area (Å²) in [7, 11) is 1.61. The summed E-state index contributed by atoms with van der Waals surface area (Å²) in [4.78, 5) is 32.5. The summed E-state index contributed by atoms with van der Waals surface area (Å²) in [5, 5.41) is 3.19. The number of nitrogens with one attached hydrogen (secondary N) is 1. The summed E-state index contributed by atoms with van der Waals surface area (Å²) in [6, 6.07) is 3.79. The van der Waals surface area contributed by atoms with Crippen molar-refractivity contribution in [1.29, 1.82) is 0 Å². The van der Waals surface area contributed by atoms with Crippen molar-refractivity contribution in [2.75, 3.05) is 25.6 Å². The number of methoxy groups -OCH3 is 1. The van der Waals surface area contributed by atoms with Gasteiger partial charge >= 0.3 is 0 Å². The molecule has 1 N–H and O–H groups in total. The van der Waals surface area contributed by atoms with Gasteiger partial charge in [0.15, 0.2) is 0 Å². The van der Waals surface area contributed by atoms with Crippen molar-refractivity contribution >= 4 is 17.7 Å². The van der Waals surface area contributed by atoms with E-state index in [0.29, 0.717) is 30.6 Å². The van der Waals surface area contributed by atoms with Gasteiger partial charge in [0.2, 0.25) is 11.9 Å². The van der Waals surface area contributed by atoms with Crippen LogP contribution in [0.3, 0.4) is 0 Å². The molecule has 1 aliphatic rings. The first kappa shape index (κ1) is 20.1. The Labute approximate surface area is 165 Å². The molecule has 0 spiro atoms. The smallest absolute Gasteiger partial charge is 0.228 e. The van der Waals surface area contributed by atoms with E-state index in [-0.39, 0.29) is 11.9 Å². The number of ether oxygens (including phenoxy) is 1. The second-order valence-corrected chi connectivity index (χ2v) is 7.17. The van der Waals surface area contributed by atoms with Gasteiger partial charge in [0.1, 0.15) is 11.6 Å². The van der Waals surface area contributed by atoms with Crippen LogP contribution >= 0.6 is 0 Å². The van der Waals surface area contributed by atoms with Gasteiger partial charge in [0, 0.05) is 31.1 Å². The lowest BCUT2D eigenvalue weighted by molar-refractivity contribution is -0.136. The first-order chi connectivity index (χ1) is 13.5. The van der Waals surface area contributed by atoms with E-state index in [1.807, 2.05) is 37.8 Å². The van der Waals surface area contributed by atoms with Gasteiger partial charge in [-0.3, -0.25) is 4.79 Å². The minimum absolute atomic E-state index is 0.0412. The second-order valence-electron chi connectivity index (χ2n) is 7.17. The average Bonchev–Trinajstić information content (AvgIpc) is 2.64. The normalized spacial score (nSPS) is 16.9. The Morgan fingerprint density at radius 1 is 1.14 bits per heavy atom. The number of aromatic nitrogens is 4. The first-order valence-electron chi connectivity index (χ1n) is 9.69. The van der Waals surface area contributed by atoms with Crippen LogP contribution in [0.2, 0.25) is 0 Å². The molecule has 0 aromatic carbocycles. The molecular weight excluding hydrogens is 356 g/mol. The van der Waals surface area contributed by atoms with E-state index in [4.69, 9.17) is 4.74 Å². The molecule has 8 heteroatoms. The Morgan fingerprint density at radius 3 is 2.61 bits per heavy atom. The Hall–Kier alpha value is -2.61. The van der Waals surface area contributed by atoms with Gasteiger partial charge in [-0.2, -0.15) is 0 Å². The second kappa shape index (κ2) is 9.05. The lowest BCUT2D eigenvalue weighted by Gasteiger charge is -2.35. The van der Waals surface area contributed by atoms with Crippen molar-refractivity contribution in [1.82, 2.24) is 24.8 Å². The number of aryl methyl sites for hydroxylation is 3.